The summed E-state index contributed by atoms with van der Waals surface area (Å²) in [5.74, 6) is 1.91. The van der Waals surface area contributed by atoms with Crippen molar-refractivity contribution in [3.8, 4) is 0 Å². The van der Waals surface area contributed by atoms with E-state index in [1.807, 2.05) is 25.1 Å². The Morgan fingerprint density at radius 3 is 2.92 bits per heavy atom. The Labute approximate surface area is 79.4 Å². The summed E-state index contributed by atoms with van der Waals surface area (Å²) in [5.41, 5.74) is 1.08. The minimum Gasteiger partial charge on any atom is -0.370 e. The molecule has 0 bridgehead atoms. The standard InChI is InChI=1S/C11H16N2/c1-9-4-2-7-11(13-9)12-8-10-5-3-6-10/h2,4,7,10H,3,5-6,8H2,1H3,(H,12,13). The van der Waals surface area contributed by atoms with Crippen LogP contribution in [0.25, 0.3) is 0 Å². The van der Waals surface area contributed by atoms with Crippen molar-refractivity contribution < 1.29 is 0 Å². The van der Waals surface area contributed by atoms with Crippen molar-refractivity contribution in [2.45, 2.75) is 26.2 Å². The van der Waals surface area contributed by atoms with Crippen LogP contribution in [0.1, 0.15) is 25.0 Å². The van der Waals surface area contributed by atoms with Crippen LogP contribution in [0.3, 0.4) is 0 Å². The maximum atomic E-state index is 4.39. The van der Waals surface area contributed by atoms with E-state index in [9.17, 15) is 0 Å². The number of aromatic nitrogens is 1. The van der Waals surface area contributed by atoms with E-state index in [1.54, 1.807) is 0 Å². The third-order valence-electron chi connectivity index (χ3n) is 2.68. The van der Waals surface area contributed by atoms with Gasteiger partial charge >= 0.3 is 0 Å². The van der Waals surface area contributed by atoms with E-state index in [4.69, 9.17) is 0 Å². The molecule has 0 radical (unpaired) electrons. The molecular weight excluding hydrogens is 160 g/mol. The Kier molecular flexibility index (Phi) is 2.48. The smallest absolute Gasteiger partial charge is 0.126 e. The van der Waals surface area contributed by atoms with Gasteiger partial charge in [-0.1, -0.05) is 12.5 Å². The van der Waals surface area contributed by atoms with E-state index in [1.165, 1.54) is 19.3 Å². The molecule has 1 fully saturated rings. The summed E-state index contributed by atoms with van der Waals surface area (Å²) < 4.78 is 0. The Morgan fingerprint density at radius 2 is 2.31 bits per heavy atom. The topological polar surface area (TPSA) is 24.9 Å². The number of pyridine rings is 1. The second-order valence-corrected chi connectivity index (χ2v) is 3.84. The predicted octanol–water partition coefficient (Wildman–Crippen LogP) is 2.60. The average Bonchev–Trinajstić information content (AvgIpc) is 2.01. The van der Waals surface area contributed by atoms with Crippen molar-refractivity contribution in [3.63, 3.8) is 0 Å². The molecule has 1 aromatic heterocycles. The van der Waals surface area contributed by atoms with E-state index in [2.05, 4.69) is 10.3 Å². The van der Waals surface area contributed by atoms with Gasteiger partial charge in [0.25, 0.3) is 0 Å². The van der Waals surface area contributed by atoms with Crippen molar-refractivity contribution in [1.82, 2.24) is 4.98 Å². The lowest BCUT2D eigenvalue weighted by Crippen LogP contribution is -2.21. The first-order valence-electron chi connectivity index (χ1n) is 5.02. The van der Waals surface area contributed by atoms with Gasteiger partial charge in [-0.3, -0.25) is 0 Å². The normalized spacial score (nSPS) is 16.7. The fourth-order valence-corrected chi connectivity index (χ4v) is 1.59. The molecule has 0 atom stereocenters. The maximum Gasteiger partial charge on any atom is 0.126 e. The van der Waals surface area contributed by atoms with Gasteiger partial charge in [0.05, 0.1) is 0 Å². The first-order valence-corrected chi connectivity index (χ1v) is 5.02. The fraction of sp³-hybridized carbons (Fsp3) is 0.545. The van der Waals surface area contributed by atoms with Crippen LogP contribution in [0.4, 0.5) is 5.82 Å². The first-order chi connectivity index (χ1) is 6.34. The highest BCUT2D eigenvalue weighted by atomic mass is 15.0. The van der Waals surface area contributed by atoms with E-state index in [-0.39, 0.29) is 0 Å². The molecule has 0 saturated heterocycles. The van der Waals surface area contributed by atoms with Crippen LogP contribution in [-0.2, 0) is 0 Å². The molecule has 1 saturated carbocycles. The highest BCUT2D eigenvalue weighted by Crippen LogP contribution is 2.26. The van der Waals surface area contributed by atoms with Gasteiger partial charge < -0.3 is 5.32 Å². The second-order valence-electron chi connectivity index (χ2n) is 3.84. The van der Waals surface area contributed by atoms with Crippen molar-refractivity contribution in [1.29, 1.82) is 0 Å². The molecule has 2 nitrogen and oxygen atoms in total. The number of anilines is 1. The molecule has 0 amide bonds. The van der Waals surface area contributed by atoms with Crippen LogP contribution in [0.2, 0.25) is 0 Å². The zero-order valence-electron chi connectivity index (χ0n) is 8.09. The number of nitrogens with zero attached hydrogens (tertiary/aromatic N) is 1. The van der Waals surface area contributed by atoms with Crippen LogP contribution in [0.15, 0.2) is 18.2 Å². The first kappa shape index (κ1) is 8.54. The molecule has 0 spiro atoms. The van der Waals surface area contributed by atoms with Gasteiger partial charge in [-0.25, -0.2) is 4.98 Å². The SMILES string of the molecule is Cc1cccc(NCC2CCC2)n1. The quantitative estimate of drug-likeness (QED) is 0.765. The third-order valence-corrected chi connectivity index (χ3v) is 2.68. The molecule has 1 aliphatic rings. The Hall–Kier alpha value is -1.05. The Morgan fingerprint density at radius 1 is 1.46 bits per heavy atom. The summed E-state index contributed by atoms with van der Waals surface area (Å²) >= 11 is 0. The van der Waals surface area contributed by atoms with Crippen LogP contribution < -0.4 is 5.32 Å². The average molecular weight is 176 g/mol. The summed E-state index contributed by atoms with van der Waals surface area (Å²) in [6.45, 7) is 3.12. The molecule has 0 unspecified atom stereocenters. The Bertz CT molecular complexity index is 279. The summed E-state index contributed by atoms with van der Waals surface area (Å²) in [4.78, 5) is 4.39. The van der Waals surface area contributed by atoms with Crippen LogP contribution in [0, 0.1) is 12.8 Å². The van der Waals surface area contributed by atoms with E-state index in [0.29, 0.717) is 0 Å². The van der Waals surface area contributed by atoms with Crippen molar-refractivity contribution in [2.24, 2.45) is 5.92 Å². The van der Waals surface area contributed by atoms with Crippen molar-refractivity contribution >= 4 is 5.82 Å². The lowest BCUT2D eigenvalue weighted by Gasteiger charge is -2.25. The second kappa shape index (κ2) is 3.77. The van der Waals surface area contributed by atoms with Gasteiger partial charge in [-0.05, 0) is 37.8 Å². The number of nitrogens with one attached hydrogen (secondary N) is 1. The number of hydrogen-bond acceptors (Lipinski definition) is 2. The van der Waals surface area contributed by atoms with Gasteiger partial charge in [0.2, 0.25) is 0 Å². The number of rotatable bonds is 3. The predicted molar refractivity (Wildman–Crippen MR) is 54.8 cm³/mol. The monoisotopic (exact) mass is 176 g/mol. The molecule has 1 aliphatic carbocycles. The molecule has 1 aromatic rings. The number of aryl methyl sites for hydroxylation is 1. The van der Waals surface area contributed by atoms with E-state index in [0.717, 1.165) is 24.0 Å². The van der Waals surface area contributed by atoms with Crippen molar-refractivity contribution in [3.05, 3.63) is 23.9 Å². The molecule has 70 valence electrons. The van der Waals surface area contributed by atoms with Crippen LogP contribution in [0.5, 0.6) is 0 Å². The van der Waals surface area contributed by atoms with Gasteiger partial charge in [-0.15, -0.1) is 0 Å². The molecule has 2 rings (SSSR count). The van der Waals surface area contributed by atoms with Gasteiger partial charge in [-0.2, -0.15) is 0 Å². The lowest BCUT2D eigenvalue weighted by molar-refractivity contribution is 0.333. The third kappa shape index (κ3) is 2.20. The minimum absolute atomic E-state index is 0.891. The van der Waals surface area contributed by atoms with E-state index >= 15 is 0 Å². The van der Waals surface area contributed by atoms with E-state index < -0.39 is 0 Å². The minimum atomic E-state index is 0.891. The molecule has 0 aliphatic heterocycles. The zero-order valence-corrected chi connectivity index (χ0v) is 8.09. The zero-order chi connectivity index (χ0) is 9.10. The molecule has 2 heteroatoms. The molecule has 0 aromatic carbocycles. The summed E-state index contributed by atoms with van der Waals surface area (Å²) in [6.07, 6.45) is 4.19. The molecular formula is C11H16N2. The van der Waals surface area contributed by atoms with Crippen LogP contribution in [-0.4, -0.2) is 11.5 Å². The van der Waals surface area contributed by atoms with Crippen LogP contribution >= 0.6 is 0 Å². The molecule has 1 N–H and O–H groups in total. The lowest BCUT2D eigenvalue weighted by atomic mass is 9.85. The fourth-order valence-electron chi connectivity index (χ4n) is 1.59. The number of hydrogen-bond donors (Lipinski definition) is 1. The highest BCUT2D eigenvalue weighted by Gasteiger charge is 2.16. The largest absolute Gasteiger partial charge is 0.370 e. The summed E-state index contributed by atoms with van der Waals surface area (Å²) in [5, 5.41) is 3.38. The van der Waals surface area contributed by atoms with Gasteiger partial charge in [0.15, 0.2) is 0 Å². The summed E-state index contributed by atoms with van der Waals surface area (Å²) in [7, 11) is 0. The van der Waals surface area contributed by atoms with Gasteiger partial charge in [0, 0.05) is 12.2 Å². The van der Waals surface area contributed by atoms with Crippen molar-refractivity contribution in [2.75, 3.05) is 11.9 Å². The Balaban J connectivity index is 1.86. The molecule has 13 heavy (non-hydrogen) atoms. The maximum absolute atomic E-state index is 4.39. The van der Waals surface area contributed by atoms with Gasteiger partial charge in [0.1, 0.15) is 5.82 Å². The molecule has 1 heterocycles. The summed E-state index contributed by atoms with van der Waals surface area (Å²) in [6, 6.07) is 6.10. The highest BCUT2D eigenvalue weighted by molar-refractivity contribution is 5.35.